The second kappa shape index (κ2) is 7.36. The zero-order valence-electron chi connectivity index (χ0n) is 10.8. The first-order chi connectivity index (χ1) is 8.84. The molecule has 0 saturated heterocycles. The number of thiophene rings is 1. The maximum Gasteiger partial charge on any atom is 0.0947 e. The van der Waals surface area contributed by atoms with Gasteiger partial charge in [-0.25, -0.2) is 0 Å². The Kier molecular flexibility index (Phi) is 5.45. The summed E-state index contributed by atoms with van der Waals surface area (Å²) in [7, 11) is 2.13. The molecule has 1 N–H and O–H groups in total. The normalized spacial score (nSPS) is 11.2. The summed E-state index contributed by atoms with van der Waals surface area (Å²) in [6.07, 6.45) is 4.65. The van der Waals surface area contributed by atoms with E-state index in [1.54, 1.807) is 23.9 Å². The van der Waals surface area contributed by atoms with Crippen molar-refractivity contribution in [3.05, 3.63) is 46.5 Å². The Labute approximate surface area is 112 Å². The van der Waals surface area contributed by atoms with E-state index in [1.165, 1.54) is 11.1 Å². The lowest BCUT2D eigenvalue weighted by molar-refractivity contribution is 0.323. The van der Waals surface area contributed by atoms with Gasteiger partial charge in [-0.05, 0) is 48.5 Å². The molecule has 2 aromatic rings. The summed E-state index contributed by atoms with van der Waals surface area (Å²) in [4.78, 5) is 2.29. The molecule has 2 rings (SSSR count). The predicted octanol–water partition coefficient (Wildman–Crippen LogP) is 2.61. The van der Waals surface area contributed by atoms with Gasteiger partial charge in [0, 0.05) is 25.2 Å². The fourth-order valence-corrected chi connectivity index (χ4v) is 2.54. The van der Waals surface area contributed by atoms with Crippen LogP contribution in [0.2, 0.25) is 0 Å². The Hall–Kier alpha value is -1.10. The van der Waals surface area contributed by atoms with E-state index in [4.69, 9.17) is 4.42 Å². The summed E-state index contributed by atoms with van der Waals surface area (Å²) in [6.45, 7) is 4.08. The van der Waals surface area contributed by atoms with E-state index in [0.717, 1.165) is 32.6 Å². The van der Waals surface area contributed by atoms with Crippen molar-refractivity contribution in [2.45, 2.75) is 13.0 Å². The van der Waals surface area contributed by atoms with Gasteiger partial charge in [-0.2, -0.15) is 11.3 Å². The topological polar surface area (TPSA) is 28.4 Å². The van der Waals surface area contributed by atoms with Gasteiger partial charge < -0.3 is 14.6 Å². The van der Waals surface area contributed by atoms with Crippen LogP contribution in [-0.2, 0) is 13.0 Å². The molecule has 3 nitrogen and oxygen atoms in total. The number of nitrogens with one attached hydrogen (secondary N) is 1. The molecule has 0 aromatic carbocycles. The van der Waals surface area contributed by atoms with Crippen LogP contribution in [-0.4, -0.2) is 31.6 Å². The molecule has 0 unspecified atom stereocenters. The molecule has 0 aliphatic rings. The van der Waals surface area contributed by atoms with Crippen LogP contribution in [0.5, 0.6) is 0 Å². The molecule has 0 spiro atoms. The first-order valence-electron chi connectivity index (χ1n) is 6.26. The quantitative estimate of drug-likeness (QED) is 0.743. The molecule has 18 heavy (non-hydrogen) atoms. The van der Waals surface area contributed by atoms with Crippen LogP contribution < -0.4 is 5.32 Å². The van der Waals surface area contributed by atoms with Crippen molar-refractivity contribution < 1.29 is 4.42 Å². The van der Waals surface area contributed by atoms with E-state index in [-0.39, 0.29) is 0 Å². The number of hydrogen-bond donors (Lipinski definition) is 1. The number of rotatable bonds is 8. The van der Waals surface area contributed by atoms with Gasteiger partial charge in [0.15, 0.2) is 0 Å². The van der Waals surface area contributed by atoms with Crippen molar-refractivity contribution in [3.63, 3.8) is 0 Å². The van der Waals surface area contributed by atoms with Crippen molar-refractivity contribution in [2.75, 3.05) is 26.7 Å². The molecule has 0 amide bonds. The maximum absolute atomic E-state index is 5.06. The summed E-state index contributed by atoms with van der Waals surface area (Å²) in [5.74, 6) is 0. The fraction of sp³-hybridized carbons (Fsp3) is 0.429. The minimum absolute atomic E-state index is 0.947. The van der Waals surface area contributed by atoms with E-state index in [9.17, 15) is 0 Å². The summed E-state index contributed by atoms with van der Waals surface area (Å²) >= 11 is 1.77. The van der Waals surface area contributed by atoms with Gasteiger partial charge >= 0.3 is 0 Å². The van der Waals surface area contributed by atoms with Crippen LogP contribution >= 0.6 is 11.3 Å². The summed E-state index contributed by atoms with van der Waals surface area (Å²) in [5.41, 5.74) is 2.66. The van der Waals surface area contributed by atoms with Crippen LogP contribution in [0.1, 0.15) is 11.1 Å². The van der Waals surface area contributed by atoms with Gasteiger partial charge in [-0.3, -0.25) is 0 Å². The van der Waals surface area contributed by atoms with E-state index >= 15 is 0 Å². The number of hydrogen-bond acceptors (Lipinski definition) is 4. The van der Waals surface area contributed by atoms with Gasteiger partial charge in [0.2, 0.25) is 0 Å². The average Bonchev–Trinajstić information content (AvgIpc) is 3.01. The van der Waals surface area contributed by atoms with Crippen LogP contribution in [0.25, 0.3) is 0 Å². The largest absolute Gasteiger partial charge is 0.472 e. The lowest BCUT2D eigenvalue weighted by Gasteiger charge is -2.15. The molecule has 0 atom stereocenters. The van der Waals surface area contributed by atoms with Crippen molar-refractivity contribution in [1.82, 2.24) is 10.2 Å². The molecule has 0 aliphatic carbocycles. The number of furan rings is 1. The Morgan fingerprint density at radius 1 is 1.28 bits per heavy atom. The number of nitrogens with zero attached hydrogens (tertiary/aromatic N) is 1. The van der Waals surface area contributed by atoms with E-state index in [0.29, 0.717) is 0 Å². The fourth-order valence-electron chi connectivity index (χ4n) is 1.84. The molecule has 98 valence electrons. The molecule has 0 saturated carbocycles. The Morgan fingerprint density at radius 3 is 2.94 bits per heavy atom. The average molecular weight is 264 g/mol. The molecule has 0 fully saturated rings. The monoisotopic (exact) mass is 264 g/mol. The Morgan fingerprint density at radius 2 is 2.22 bits per heavy atom. The van der Waals surface area contributed by atoms with E-state index in [2.05, 4.69) is 34.1 Å². The highest BCUT2D eigenvalue weighted by Gasteiger charge is 2.00. The van der Waals surface area contributed by atoms with Gasteiger partial charge in [0.05, 0.1) is 12.5 Å². The van der Waals surface area contributed by atoms with Gasteiger partial charge in [0.1, 0.15) is 0 Å². The zero-order chi connectivity index (χ0) is 12.6. The molecule has 0 radical (unpaired) electrons. The molecule has 4 heteroatoms. The Balaban J connectivity index is 1.52. The van der Waals surface area contributed by atoms with Gasteiger partial charge in [-0.1, -0.05) is 0 Å². The first kappa shape index (κ1) is 13.3. The third-order valence-electron chi connectivity index (χ3n) is 2.87. The minimum atomic E-state index is 0.947. The number of likely N-dealkylation sites (N-methyl/N-ethyl adjacent to an activating group) is 1. The van der Waals surface area contributed by atoms with Gasteiger partial charge in [0.25, 0.3) is 0 Å². The molecule has 2 heterocycles. The van der Waals surface area contributed by atoms with Crippen molar-refractivity contribution in [2.24, 2.45) is 0 Å². The van der Waals surface area contributed by atoms with Crippen molar-refractivity contribution in [1.29, 1.82) is 0 Å². The minimum Gasteiger partial charge on any atom is -0.472 e. The summed E-state index contributed by atoms with van der Waals surface area (Å²) < 4.78 is 5.06. The molecule has 2 aromatic heterocycles. The van der Waals surface area contributed by atoms with Crippen LogP contribution in [0.4, 0.5) is 0 Å². The second-order valence-electron chi connectivity index (χ2n) is 4.50. The summed E-state index contributed by atoms with van der Waals surface area (Å²) in [5, 5.41) is 7.82. The lowest BCUT2D eigenvalue weighted by Crippen LogP contribution is -2.29. The third kappa shape index (κ3) is 4.64. The van der Waals surface area contributed by atoms with Gasteiger partial charge in [-0.15, -0.1) is 0 Å². The van der Waals surface area contributed by atoms with Crippen LogP contribution in [0.15, 0.2) is 39.8 Å². The predicted molar refractivity (Wildman–Crippen MR) is 75.9 cm³/mol. The molecular weight excluding hydrogens is 244 g/mol. The standard InChI is InChI=1S/C14H20N2OS/c1-16(10-14-3-8-17-11-14)7-6-15-5-2-13-4-9-18-12-13/h3-4,8-9,11-12,15H,2,5-7,10H2,1H3. The van der Waals surface area contributed by atoms with E-state index < -0.39 is 0 Å². The maximum atomic E-state index is 5.06. The highest BCUT2D eigenvalue weighted by atomic mass is 32.1. The van der Waals surface area contributed by atoms with Crippen molar-refractivity contribution in [3.8, 4) is 0 Å². The SMILES string of the molecule is CN(CCNCCc1ccsc1)Cc1ccoc1. The van der Waals surface area contributed by atoms with Crippen molar-refractivity contribution >= 4 is 11.3 Å². The third-order valence-corrected chi connectivity index (χ3v) is 3.61. The smallest absolute Gasteiger partial charge is 0.0947 e. The second-order valence-corrected chi connectivity index (χ2v) is 5.28. The Bertz CT molecular complexity index is 411. The molecule has 0 bridgehead atoms. The van der Waals surface area contributed by atoms with E-state index in [1.807, 2.05) is 6.07 Å². The lowest BCUT2D eigenvalue weighted by atomic mass is 10.2. The highest BCUT2D eigenvalue weighted by molar-refractivity contribution is 7.07. The highest BCUT2D eigenvalue weighted by Crippen LogP contribution is 2.05. The van der Waals surface area contributed by atoms with Crippen LogP contribution in [0.3, 0.4) is 0 Å². The zero-order valence-corrected chi connectivity index (χ0v) is 11.6. The first-order valence-corrected chi connectivity index (χ1v) is 7.20. The molecule has 0 aliphatic heterocycles. The molecular formula is C14H20N2OS. The summed E-state index contributed by atoms with van der Waals surface area (Å²) in [6, 6.07) is 4.21. The van der Waals surface area contributed by atoms with Crippen LogP contribution in [0, 0.1) is 0 Å².